The average Bonchev–Trinajstić information content (AvgIpc) is 3.12. The number of nitrogens with one attached hydrogen (secondary N) is 2. The molecule has 2 amide bonds. The third-order valence-electron chi connectivity index (χ3n) is 3.22. The van der Waals surface area contributed by atoms with E-state index in [0.29, 0.717) is 5.69 Å². The van der Waals surface area contributed by atoms with Crippen molar-refractivity contribution in [3.63, 3.8) is 0 Å². The molecular weight excluding hydrogens is 316 g/mol. The minimum absolute atomic E-state index is 0.0557. The van der Waals surface area contributed by atoms with Crippen LogP contribution in [-0.4, -0.2) is 31.0 Å². The first-order valence-electron chi connectivity index (χ1n) is 7.01. The second-order valence-corrected chi connectivity index (χ2v) is 6.06. The Labute approximate surface area is 136 Å². The number of hydrogen-bond donors (Lipinski definition) is 2. The van der Waals surface area contributed by atoms with Crippen LogP contribution in [0.1, 0.15) is 17.1 Å². The van der Waals surface area contributed by atoms with Crippen molar-refractivity contribution >= 4 is 28.1 Å². The molecule has 0 unspecified atom stereocenters. The first-order valence-corrected chi connectivity index (χ1v) is 7.89. The predicted molar refractivity (Wildman–Crippen MR) is 84.8 cm³/mol. The lowest BCUT2D eigenvalue weighted by Crippen LogP contribution is -2.44. The summed E-state index contributed by atoms with van der Waals surface area (Å²) < 4.78 is 3.44. The maximum absolute atomic E-state index is 11.8. The highest BCUT2D eigenvalue weighted by Gasteiger charge is 2.11. The largest absolute Gasteiger partial charge is 0.297 e. The minimum atomic E-state index is -0.338. The molecule has 0 spiro atoms. The van der Waals surface area contributed by atoms with Crippen LogP contribution in [0.5, 0.6) is 0 Å². The van der Waals surface area contributed by atoms with Crippen molar-refractivity contribution in [1.82, 2.24) is 30.0 Å². The second kappa shape index (κ2) is 6.21. The monoisotopic (exact) mass is 332 g/mol. The zero-order valence-electron chi connectivity index (χ0n) is 12.7. The summed E-state index contributed by atoms with van der Waals surface area (Å²) in [4.78, 5) is 28.8. The number of fused-ring (bicyclic) bond motifs is 1. The molecule has 23 heavy (non-hydrogen) atoms. The molecule has 0 aliphatic rings. The van der Waals surface area contributed by atoms with Crippen LogP contribution in [0.3, 0.4) is 0 Å². The van der Waals surface area contributed by atoms with E-state index in [1.54, 1.807) is 10.9 Å². The van der Waals surface area contributed by atoms with Gasteiger partial charge in [0.05, 0.1) is 17.8 Å². The smallest absolute Gasteiger partial charge is 0.260 e. The van der Waals surface area contributed by atoms with E-state index in [9.17, 15) is 9.59 Å². The molecule has 8 nitrogen and oxygen atoms in total. The Balaban J connectivity index is 1.49. The van der Waals surface area contributed by atoms with E-state index in [1.165, 1.54) is 11.3 Å². The van der Waals surface area contributed by atoms with Crippen LogP contribution < -0.4 is 10.9 Å². The molecule has 0 saturated carbocycles. The van der Waals surface area contributed by atoms with Crippen LogP contribution in [-0.2, 0) is 22.6 Å². The Morgan fingerprint density at radius 2 is 2.04 bits per heavy atom. The van der Waals surface area contributed by atoms with Crippen LogP contribution in [0.2, 0.25) is 0 Å². The maximum Gasteiger partial charge on any atom is 0.260 e. The first-order chi connectivity index (χ1) is 11.0. The molecule has 0 aliphatic carbocycles. The number of carbonyl (C=O) groups is 2. The van der Waals surface area contributed by atoms with Crippen LogP contribution in [0.4, 0.5) is 0 Å². The molecule has 120 valence electrons. The summed E-state index contributed by atoms with van der Waals surface area (Å²) in [6.07, 6.45) is 3.78. The highest BCUT2D eigenvalue weighted by Crippen LogP contribution is 2.11. The number of rotatable bonds is 4. The molecule has 0 fully saturated rings. The fourth-order valence-electron chi connectivity index (χ4n) is 2.22. The van der Waals surface area contributed by atoms with Crippen molar-refractivity contribution < 1.29 is 9.59 Å². The Kier molecular flexibility index (Phi) is 4.11. The van der Waals surface area contributed by atoms with E-state index in [1.807, 2.05) is 35.9 Å². The van der Waals surface area contributed by atoms with Gasteiger partial charge in [0, 0.05) is 23.5 Å². The summed E-state index contributed by atoms with van der Waals surface area (Å²) in [7, 11) is 0. The Hall–Kier alpha value is -2.68. The molecule has 2 N–H and O–H groups in total. The maximum atomic E-state index is 11.8. The van der Waals surface area contributed by atoms with Crippen molar-refractivity contribution in [1.29, 1.82) is 0 Å². The van der Waals surface area contributed by atoms with Crippen LogP contribution in [0, 0.1) is 13.8 Å². The van der Waals surface area contributed by atoms with Crippen molar-refractivity contribution in [2.45, 2.75) is 26.8 Å². The SMILES string of the molecule is Cc1cc(C)n(CC(=O)NNC(=O)Cc2cn3ccsc3n2)n1. The predicted octanol–water partition coefficient (Wildman–Crippen LogP) is 0.599. The van der Waals surface area contributed by atoms with E-state index in [-0.39, 0.29) is 24.8 Å². The van der Waals surface area contributed by atoms with Gasteiger partial charge >= 0.3 is 0 Å². The fraction of sp³-hybridized carbons (Fsp3) is 0.286. The van der Waals surface area contributed by atoms with Crippen molar-refractivity contribution in [2.24, 2.45) is 0 Å². The number of amides is 2. The zero-order chi connectivity index (χ0) is 16.4. The normalized spacial score (nSPS) is 10.9. The summed E-state index contributed by atoms with van der Waals surface area (Å²) in [6, 6.07) is 1.89. The second-order valence-electron chi connectivity index (χ2n) is 5.18. The molecule has 0 atom stereocenters. The lowest BCUT2D eigenvalue weighted by molar-refractivity contribution is -0.129. The van der Waals surface area contributed by atoms with Crippen molar-refractivity contribution in [3.8, 4) is 0 Å². The molecule has 0 aromatic carbocycles. The van der Waals surface area contributed by atoms with Gasteiger partial charge in [-0.3, -0.25) is 29.5 Å². The average molecular weight is 332 g/mol. The van der Waals surface area contributed by atoms with Crippen LogP contribution >= 0.6 is 11.3 Å². The Morgan fingerprint density at radius 3 is 2.74 bits per heavy atom. The van der Waals surface area contributed by atoms with E-state index >= 15 is 0 Å². The third kappa shape index (κ3) is 3.57. The Bertz CT molecular complexity index is 833. The van der Waals surface area contributed by atoms with E-state index in [4.69, 9.17) is 0 Å². The highest BCUT2D eigenvalue weighted by atomic mass is 32.1. The van der Waals surface area contributed by atoms with Gasteiger partial charge < -0.3 is 0 Å². The summed E-state index contributed by atoms with van der Waals surface area (Å²) >= 11 is 1.50. The minimum Gasteiger partial charge on any atom is -0.297 e. The molecule has 0 bridgehead atoms. The van der Waals surface area contributed by atoms with Crippen LogP contribution in [0.15, 0.2) is 23.8 Å². The van der Waals surface area contributed by atoms with Gasteiger partial charge in [0.1, 0.15) is 6.54 Å². The highest BCUT2D eigenvalue weighted by molar-refractivity contribution is 7.15. The lowest BCUT2D eigenvalue weighted by atomic mass is 10.3. The van der Waals surface area contributed by atoms with Gasteiger partial charge in [0.15, 0.2) is 4.96 Å². The molecule has 0 radical (unpaired) electrons. The van der Waals surface area contributed by atoms with Crippen molar-refractivity contribution in [3.05, 3.63) is 40.9 Å². The van der Waals surface area contributed by atoms with Gasteiger partial charge in [-0.05, 0) is 19.9 Å². The Morgan fingerprint density at radius 1 is 1.26 bits per heavy atom. The van der Waals surface area contributed by atoms with Gasteiger partial charge in [0.2, 0.25) is 5.91 Å². The lowest BCUT2D eigenvalue weighted by Gasteiger charge is -2.07. The summed E-state index contributed by atoms with van der Waals surface area (Å²) in [5, 5.41) is 6.12. The standard InChI is InChI=1S/C14H16N6O2S/c1-9-5-10(2)20(18-9)8-13(22)17-16-12(21)6-11-7-19-3-4-23-14(19)15-11/h3-5,7H,6,8H2,1-2H3,(H,16,21)(H,17,22). The molecule has 3 aromatic rings. The molecule has 3 rings (SSSR count). The molecule has 3 aromatic heterocycles. The number of hydrogen-bond acceptors (Lipinski definition) is 5. The molecule has 3 heterocycles. The van der Waals surface area contributed by atoms with E-state index in [2.05, 4.69) is 20.9 Å². The number of aromatic nitrogens is 4. The van der Waals surface area contributed by atoms with Gasteiger partial charge in [-0.2, -0.15) is 5.10 Å². The number of imidazole rings is 1. The first kappa shape index (κ1) is 15.2. The topological polar surface area (TPSA) is 93.3 Å². The number of nitrogens with zero attached hydrogens (tertiary/aromatic N) is 4. The van der Waals surface area contributed by atoms with E-state index < -0.39 is 0 Å². The van der Waals surface area contributed by atoms with Gasteiger partial charge in [-0.1, -0.05) is 0 Å². The van der Waals surface area contributed by atoms with Crippen LogP contribution in [0.25, 0.3) is 4.96 Å². The van der Waals surface area contributed by atoms with E-state index in [0.717, 1.165) is 16.3 Å². The molecular formula is C14H16N6O2S. The molecule has 0 saturated heterocycles. The van der Waals surface area contributed by atoms with Crippen molar-refractivity contribution in [2.75, 3.05) is 0 Å². The van der Waals surface area contributed by atoms with Gasteiger partial charge in [0.25, 0.3) is 5.91 Å². The number of hydrazine groups is 1. The molecule has 9 heteroatoms. The fourth-order valence-corrected chi connectivity index (χ4v) is 2.94. The summed E-state index contributed by atoms with van der Waals surface area (Å²) in [6.45, 7) is 3.79. The number of thiazole rings is 1. The quantitative estimate of drug-likeness (QED) is 0.684. The van der Waals surface area contributed by atoms with Gasteiger partial charge in [-0.25, -0.2) is 4.98 Å². The third-order valence-corrected chi connectivity index (χ3v) is 3.99. The summed E-state index contributed by atoms with van der Waals surface area (Å²) in [5.41, 5.74) is 7.16. The number of aryl methyl sites for hydroxylation is 2. The van der Waals surface area contributed by atoms with Gasteiger partial charge in [-0.15, -0.1) is 11.3 Å². The molecule has 0 aliphatic heterocycles. The summed E-state index contributed by atoms with van der Waals surface area (Å²) in [5.74, 6) is -0.659. The number of carbonyl (C=O) groups excluding carboxylic acids is 2. The zero-order valence-corrected chi connectivity index (χ0v) is 13.6.